The number of benzene rings is 1. The molecule has 0 amide bonds. The summed E-state index contributed by atoms with van der Waals surface area (Å²) in [6.45, 7) is 4.24. The molecule has 0 aromatic heterocycles. The van der Waals surface area contributed by atoms with Crippen LogP contribution in [0.15, 0.2) is 18.2 Å². The van der Waals surface area contributed by atoms with E-state index in [4.69, 9.17) is 17.4 Å². The summed E-state index contributed by atoms with van der Waals surface area (Å²) in [5.41, 5.74) is 3.31. The molecule has 0 spiro atoms. The average Bonchev–Trinajstić information content (AvgIpc) is 2.29. The number of nitrogens with one attached hydrogen (secondary N) is 1. The second kappa shape index (κ2) is 6.94. The Hall–Kier alpha value is -0.640. The van der Waals surface area contributed by atoms with Crippen molar-refractivity contribution in [2.24, 2.45) is 11.8 Å². The molecule has 0 heterocycles. The SMILES string of the molecule is CCCC(C)C(Cc1c(F)cccc1Cl)NN. The van der Waals surface area contributed by atoms with Crippen LogP contribution in [0.4, 0.5) is 4.39 Å². The molecule has 2 unspecified atom stereocenters. The third kappa shape index (κ3) is 3.95. The van der Waals surface area contributed by atoms with Crippen molar-refractivity contribution in [3.05, 3.63) is 34.6 Å². The highest BCUT2D eigenvalue weighted by molar-refractivity contribution is 6.31. The predicted octanol–water partition coefficient (Wildman–Crippen LogP) is 3.29. The van der Waals surface area contributed by atoms with Crippen LogP contribution in [-0.4, -0.2) is 6.04 Å². The topological polar surface area (TPSA) is 38.0 Å². The van der Waals surface area contributed by atoms with E-state index in [1.807, 2.05) is 0 Å². The van der Waals surface area contributed by atoms with Gasteiger partial charge in [-0.15, -0.1) is 0 Å². The van der Waals surface area contributed by atoms with E-state index in [0.717, 1.165) is 12.8 Å². The monoisotopic (exact) mass is 258 g/mol. The molecule has 1 aromatic carbocycles. The second-order valence-electron chi connectivity index (χ2n) is 4.44. The Bertz CT molecular complexity index is 337. The highest BCUT2D eigenvalue weighted by Gasteiger charge is 2.18. The molecule has 1 aromatic rings. The van der Waals surface area contributed by atoms with Crippen molar-refractivity contribution in [2.75, 3.05) is 0 Å². The first-order valence-corrected chi connectivity index (χ1v) is 6.37. The lowest BCUT2D eigenvalue weighted by molar-refractivity contribution is 0.353. The van der Waals surface area contributed by atoms with E-state index in [2.05, 4.69) is 19.3 Å². The Morgan fingerprint density at radius 2 is 2.18 bits per heavy atom. The third-order valence-corrected chi connectivity index (χ3v) is 3.48. The molecule has 1 rings (SSSR count). The van der Waals surface area contributed by atoms with E-state index in [-0.39, 0.29) is 11.9 Å². The van der Waals surface area contributed by atoms with Crippen LogP contribution in [0.3, 0.4) is 0 Å². The summed E-state index contributed by atoms with van der Waals surface area (Å²) in [7, 11) is 0. The van der Waals surface area contributed by atoms with Gasteiger partial charge in [-0.2, -0.15) is 0 Å². The average molecular weight is 259 g/mol. The van der Waals surface area contributed by atoms with Gasteiger partial charge in [-0.1, -0.05) is 37.9 Å². The number of halogens is 2. The van der Waals surface area contributed by atoms with Crippen LogP contribution in [0.1, 0.15) is 32.3 Å². The quantitative estimate of drug-likeness (QED) is 0.607. The fourth-order valence-corrected chi connectivity index (χ4v) is 2.27. The summed E-state index contributed by atoms with van der Waals surface area (Å²) in [5, 5.41) is 0.467. The molecule has 2 nitrogen and oxygen atoms in total. The van der Waals surface area contributed by atoms with Crippen molar-refractivity contribution in [1.82, 2.24) is 5.43 Å². The second-order valence-corrected chi connectivity index (χ2v) is 4.85. The van der Waals surface area contributed by atoms with Crippen molar-refractivity contribution in [1.29, 1.82) is 0 Å². The number of nitrogens with two attached hydrogens (primary N) is 1. The standard InChI is InChI=1S/C13H20ClFN2/c1-3-5-9(2)13(17-16)8-10-11(14)6-4-7-12(10)15/h4,6-7,9,13,17H,3,5,8,16H2,1-2H3. The summed E-state index contributed by atoms with van der Waals surface area (Å²) in [5.74, 6) is 5.66. The summed E-state index contributed by atoms with van der Waals surface area (Å²) in [6, 6.07) is 4.79. The molecule has 0 saturated carbocycles. The maximum absolute atomic E-state index is 13.6. The van der Waals surface area contributed by atoms with Crippen LogP contribution in [0, 0.1) is 11.7 Å². The Labute approximate surface area is 107 Å². The molecule has 0 aliphatic heterocycles. The maximum atomic E-state index is 13.6. The molecule has 96 valence electrons. The first kappa shape index (κ1) is 14.4. The lowest BCUT2D eigenvalue weighted by atomic mass is 9.92. The lowest BCUT2D eigenvalue weighted by Crippen LogP contribution is -2.41. The minimum atomic E-state index is -0.263. The van der Waals surface area contributed by atoms with Gasteiger partial charge in [-0.05, 0) is 30.9 Å². The smallest absolute Gasteiger partial charge is 0.127 e. The minimum absolute atomic E-state index is 0.0457. The number of hydrazine groups is 1. The van der Waals surface area contributed by atoms with Crippen LogP contribution < -0.4 is 11.3 Å². The molecule has 0 fully saturated rings. The molecular formula is C13H20ClFN2. The van der Waals surface area contributed by atoms with Gasteiger partial charge in [0, 0.05) is 16.6 Å². The molecule has 3 N–H and O–H groups in total. The molecular weight excluding hydrogens is 239 g/mol. The largest absolute Gasteiger partial charge is 0.271 e. The van der Waals surface area contributed by atoms with Crippen LogP contribution in [0.25, 0.3) is 0 Å². The Morgan fingerprint density at radius 1 is 1.47 bits per heavy atom. The molecule has 0 aliphatic carbocycles. The van der Waals surface area contributed by atoms with Gasteiger partial charge >= 0.3 is 0 Å². The first-order valence-electron chi connectivity index (χ1n) is 5.99. The molecule has 17 heavy (non-hydrogen) atoms. The van der Waals surface area contributed by atoms with Gasteiger partial charge in [-0.3, -0.25) is 11.3 Å². The Balaban J connectivity index is 2.80. The molecule has 0 aliphatic rings. The van der Waals surface area contributed by atoms with Crippen molar-refractivity contribution < 1.29 is 4.39 Å². The van der Waals surface area contributed by atoms with Crippen molar-refractivity contribution in [2.45, 2.75) is 39.2 Å². The molecule has 0 bridgehead atoms. The Kier molecular flexibility index (Phi) is 5.89. The normalized spacial score (nSPS) is 14.6. The van der Waals surface area contributed by atoms with E-state index in [1.54, 1.807) is 12.1 Å². The maximum Gasteiger partial charge on any atom is 0.127 e. The zero-order valence-corrected chi connectivity index (χ0v) is 11.1. The zero-order chi connectivity index (χ0) is 12.8. The summed E-state index contributed by atoms with van der Waals surface area (Å²) in [4.78, 5) is 0. The predicted molar refractivity (Wildman–Crippen MR) is 70.3 cm³/mol. The summed E-state index contributed by atoms with van der Waals surface area (Å²) < 4.78 is 13.6. The van der Waals surface area contributed by atoms with Crippen LogP contribution >= 0.6 is 11.6 Å². The number of hydrogen-bond acceptors (Lipinski definition) is 2. The van der Waals surface area contributed by atoms with Crippen molar-refractivity contribution in [3.63, 3.8) is 0 Å². The van der Waals surface area contributed by atoms with Crippen molar-refractivity contribution >= 4 is 11.6 Å². The van der Waals surface area contributed by atoms with Gasteiger partial charge in [0.2, 0.25) is 0 Å². The molecule has 2 atom stereocenters. The van der Waals surface area contributed by atoms with Gasteiger partial charge in [-0.25, -0.2) is 4.39 Å². The summed E-state index contributed by atoms with van der Waals surface area (Å²) >= 11 is 6.00. The number of rotatable bonds is 6. The van der Waals surface area contributed by atoms with Crippen LogP contribution in [-0.2, 0) is 6.42 Å². The fourth-order valence-electron chi connectivity index (χ4n) is 2.03. The highest BCUT2D eigenvalue weighted by atomic mass is 35.5. The molecule has 0 saturated heterocycles. The highest BCUT2D eigenvalue weighted by Crippen LogP contribution is 2.23. The molecule has 0 radical (unpaired) electrons. The van der Waals surface area contributed by atoms with E-state index in [0.29, 0.717) is 22.9 Å². The Morgan fingerprint density at radius 3 is 2.71 bits per heavy atom. The van der Waals surface area contributed by atoms with Gasteiger partial charge < -0.3 is 0 Å². The van der Waals surface area contributed by atoms with Crippen LogP contribution in [0.2, 0.25) is 5.02 Å². The van der Waals surface area contributed by atoms with Gasteiger partial charge in [0.15, 0.2) is 0 Å². The molecule has 4 heteroatoms. The zero-order valence-electron chi connectivity index (χ0n) is 10.3. The minimum Gasteiger partial charge on any atom is -0.271 e. The summed E-state index contributed by atoms with van der Waals surface area (Å²) in [6.07, 6.45) is 2.66. The van der Waals surface area contributed by atoms with E-state index in [1.165, 1.54) is 6.07 Å². The fraction of sp³-hybridized carbons (Fsp3) is 0.538. The van der Waals surface area contributed by atoms with Crippen molar-refractivity contribution in [3.8, 4) is 0 Å². The first-order chi connectivity index (χ1) is 8.10. The van der Waals surface area contributed by atoms with Gasteiger partial charge in [0.05, 0.1) is 0 Å². The van der Waals surface area contributed by atoms with Gasteiger partial charge in [0.25, 0.3) is 0 Å². The van der Waals surface area contributed by atoms with E-state index in [9.17, 15) is 4.39 Å². The van der Waals surface area contributed by atoms with E-state index >= 15 is 0 Å². The van der Waals surface area contributed by atoms with Crippen LogP contribution in [0.5, 0.6) is 0 Å². The van der Waals surface area contributed by atoms with E-state index < -0.39 is 0 Å². The number of hydrogen-bond donors (Lipinski definition) is 2. The third-order valence-electron chi connectivity index (χ3n) is 3.13. The lowest BCUT2D eigenvalue weighted by Gasteiger charge is -2.23. The van der Waals surface area contributed by atoms with Gasteiger partial charge in [0.1, 0.15) is 5.82 Å².